The molecule has 0 saturated heterocycles. The van der Waals surface area contributed by atoms with Gasteiger partial charge < -0.3 is 15.2 Å². The number of nitrogens with zero attached hydrogens (tertiary/aromatic N) is 2. The van der Waals surface area contributed by atoms with Gasteiger partial charge in [-0.15, -0.1) is 0 Å². The second-order valence-corrected chi connectivity index (χ2v) is 3.17. The van der Waals surface area contributed by atoms with E-state index in [1.807, 2.05) is 0 Å². The molecule has 0 atom stereocenters. The molecule has 0 aliphatic heterocycles. The molecule has 1 amide bonds. The standard InChI is InChI=1S/C8H11F3N4O2/c9-8(10,11)4-13-7(16)3-12-2-1-6-14-5-17-15-6/h5,12H,1-4H2,(H,13,16). The normalized spacial score (nSPS) is 11.5. The molecule has 0 radical (unpaired) electrons. The maximum absolute atomic E-state index is 11.7. The van der Waals surface area contributed by atoms with E-state index in [0.29, 0.717) is 18.8 Å². The van der Waals surface area contributed by atoms with Gasteiger partial charge in [-0.1, -0.05) is 5.16 Å². The number of carbonyl (C=O) groups is 1. The maximum Gasteiger partial charge on any atom is 0.405 e. The fourth-order valence-electron chi connectivity index (χ4n) is 0.966. The third-order valence-corrected chi connectivity index (χ3v) is 1.70. The first-order valence-electron chi connectivity index (χ1n) is 4.77. The molecule has 0 spiro atoms. The second-order valence-electron chi connectivity index (χ2n) is 3.17. The topological polar surface area (TPSA) is 80.1 Å². The molecule has 0 aromatic carbocycles. The fourth-order valence-corrected chi connectivity index (χ4v) is 0.966. The number of aromatic nitrogens is 2. The van der Waals surface area contributed by atoms with Gasteiger partial charge in [0.1, 0.15) is 6.54 Å². The zero-order chi connectivity index (χ0) is 12.7. The van der Waals surface area contributed by atoms with Gasteiger partial charge in [0.25, 0.3) is 0 Å². The van der Waals surface area contributed by atoms with Gasteiger partial charge in [-0.05, 0) is 0 Å². The van der Waals surface area contributed by atoms with Crippen molar-refractivity contribution >= 4 is 5.91 Å². The Morgan fingerprint density at radius 3 is 2.82 bits per heavy atom. The summed E-state index contributed by atoms with van der Waals surface area (Å²) in [6.07, 6.45) is -2.78. The lowest BCUT2D eigenvalue weighted by Gasteiger charge is -2.08. The Hall–Kier alpha value is -1.64. The molecule has 0 aliphatic rings. The SMILES string of the molecule is O=C(CNCCc1ncon1)NCC(F)(F)F. The summed E-state index contributed by atoms with van der Waals surface area (Å²) in [6, 6.07) is 0. The first kappa shape index (κ1) is 13.4. The van der Waals surface area contributed by atoms with E-state index in [4.69, 9.17) is 0 Å². The number of carbonyl (C=O) groups excluding carboxylic acids is 1. The van der Waals surface area contributed by atoms with Crippen LogP contribution < -0.4 is 10.6 Å². The number of alkyl halides is 3. The molecule has 0 aliphatic carbocycles. The van der Waals surface area contributed by atoms with E-state index in [2.05, 4.69) is 20.0 Å². The van der Waals surface area contributed by atoms with Crippen LogP contribution in [-0.4, -0.2) is 41.9 Å². The summed E-state index contributed by atoms with van der Waals surface area (Å²) in [5.41, 5.74) is 0. The molecule has 0 bridgehead atoms. The molecule has 0 fully saturated rings. The second kappa shape index (κ2) is 6.18. The van der Waals surface area contributed by atoms with Crippen LogP contribution in [0.4, 0.5) is 13.2 Å². The summed E-state index contributed by atoms with van der Waals surface area (Å²) in [7, 11) is 0. The van der Waals surface area contributed by atoms with Crippen molar-refractivity contribution in [2.75, 3.05) is 19.6 Å². The van der Waals surface area contributed by atoms with Crippen molar-refractivity contribution in [3.8, 4) is 0 Å². The zero-order valence-electron chi connectivity index (χ0n) is 8.75. The summed E-state index contributed by atoms with van der Waals surface area (Å²) in [6.45, 7) is -1.13. The van der Waals surface area contributed by atoms with Crippen molar-refractivity contribution in [3.05, 3.63) is 12.2 Å². The molecule has 1 aromatic heterocycles. The lowest BCUT2D eigenvalue weighted by Crippen LogP contribution is -2.39. The first-order valence-corrected chi connectivity index (χ1v) is 4.77. The van der Waals surface area contributed by atoms with Gasteiger partial charge in [0.15, 0.2) is 5.82 Å². The van der Waals surface area contributed by atoms with Crippen LogP contribution in [0, 0.1) is 0 Å². The highest BCUT2D eigenvalue weighted by Crippen LogP contribution is 2.11. The molecule has 0 saturated carbocycles. The number of amides is 1. The molecule has 17 heavy (non-hydrogen) atoms. The molecule has 6 nitrogen and oxygen atoms in total. The summed E-state index contributed by atoms with van der Waals surface area (Å²) < 4.78 is 39.7. The van der Waals surface area contributed by atoms with E-state index >= 15 is 0 Å². The average Bonchev–Trinajstić information content (AvgIpc) is 2.73. The van der Waals surface area contributed by atoms with Crippen LogP contribution in [0.1, 0.15) is 5.82 Å². The van der Waals surface area contributed by atoms with Crippen molar-refractivity contribution in [2.24, 2.45) is 0 Å². The number of hydrogen-bond donors (Lipinski definition) is 2. The predicted octanol–water partition coefficient (Wildman–Crippen LogP) is -0.120. The molecular formula is C8H11F3N4O2. The lowest BCUT2D eigenvalue weighted by molar-refractivity contribution is -0.137. The fraction of sp³-hybridized carbons (Fsp3) is 0.625. The Kier molecular flexibility index (Phi) is 4.88. The van der Waals surface area contributed by atoms with E-state index in [1.165, 1.54) is 6.39 Å². The van der Waals surface area contributed by atoms with Crippen LogP contribution in [0.5, 0.6) is 0 Å². The Bertz CT molecular complexity index is 339. The minimum absolute atomic E-state index is 0.187. The van der Waals surface area contributed by atoms with Gasteiger partial charge in [-0.2, -0.15) is 18.2 Å². The summed E-state index contributed by atoms with van der Waals surface area (Å²) in [5, 5.41) is 7.92. The molecule has 1 heterocycles. The highest BCUT2D eigenvalue weighted by atomic mass is 19.4. The number of halogens is 3. The van der Waals surface area contributed by atoms with Crippen molar-refractivity contribution in [1.29, 1.82) is 0 Å². The average molecular weight is 252 g/mol. The minimum Gasteiger partial charge on any atom is -0.346 e. The maximum atomic E-state index is 11.7. The molecule has 9 heteroatoms. The van der Waals surface area contributed by atoms with Gasteiger partial charge in [0.05, 0.1) is 6.54 Å². The van der Waals surface area contributed by atoms with E-state index < -0.39 is 18.6 Å². The van der Waals surface area contributed by atoms with Crippen molar-refractivity contribution in [1.82, 2.24) is 20.8 Å². The number of rotatable bonds is 6. The molecule has 2 N–H and O–H groups in total. The van der Waals surface area contributed by atoms with Crippen molar-refractivity contribution in [3.63, 3.8) is 0 Å². The third kappa shape index (κ3) is 6.51. The Morgan fingerprint density at radius 2 is 2.24 bits per heavy atom. The monoisotopic (exact) mass is 252 g/mol. The summed E-state index contributed by atoms with van der Waals surface area (Å²) >= 11 is 0. The quantitative estimate of drug-likeness (QED) is 0.690. The zero-order valence-corrected chi connectivity index (χ0v) is 8.75. The van der Waals surface area contributed by atoms with Crippen LogP contribution in [0.15, 0.2) is 10.9 Å². The highest BCUT2D eigenvalue weighted by molar-refractivity contribution is 5.77. The van der Waals surface area contributed by atoms with E-state index in [9.17, 15) is 18.0 Å². The van der Waals surface area contributed by atoms with Crippen LogP contribution in [0.25, 0.3) is 0 Å². The van der Waals surface area contributed by atoms with Gasteiger partial charge in [-0.3, -0.25) is 4.79 Å². The predicted molar refractivity (Wildman–Crippen MR) is 49.9 cm³/mol. The van der Waals surface area contributed by atoms with E-state index in [-0.39, 0.29) is 6.54 Å². The Labute approximate surface area is 94.6 Å². The molecular weight excluding hydrogens is 241 g/mol. The number of hydrogen-bond acceptors (Lipinski definition) is 5. The Morgan fingerprint density at radius 1 is 1.47 bits per heavy atom. The van der Waals surface area contributed by atoms with Crippen molar-refractivity contribution < 1.29 is 22.5 Å². The van der Waals surface area contributed by atoms with Gasteiger partial charge in [-0.25, -0.2) is 0 Å². The first-order chi connectivity index (χ1) is 7.97. The minimum atomic E-state index is -4.39. The van der Waals surface area contributed by atoms with Crippen LogP contribution in [0.3, 0.4) is 0 Å². The largest absolute Gasteiger partial charge is 0.405 e. The van der Waals surface area contributed by atoms with Gasteiger partial charge in [0.2, 0.25) is 12.3 Å². The summed E-state index contributed by atoms with van der Waals surface area (Å²) in [4.78, 5) is 14.7. The van der Waals surface area contributed by atoms with Crippen LogP contribution >= 0.6 is 0 Å². The van der Waals surface area contributed by atoms with Gasteiger partial charge >= 0.3 is 6.18 Å². The molecule has 1 aromatic rings. The molecule has 96 valence electrons. The van der Waals surface area contributed by atoms with Crippen LogP contribution in [-0.2, 0) is 11.2 Å². The molecule has 1 rings (SSSR count). The smallest absolute Gasteiger partial charge is 0.346 e. The number of nitrogens with one attached hydrogen (secondary N) is 2. The third-order valence-electron chi connectivity index (χ3n) is 1.70. The summed E-state index contributed by atoms with van der Waals surface area (Å²) in [5.74, 6) is -0.247. The van der Waals surface area contributed by atoms with Crippen molar-refractivity contribution in [2.45, 2.75) is 12.6 Å². The lowest BCUT2D eigenvalue weighted by atomic mass is 10.4. The van der Waals surface area contributed by atoms with E-state index in [0.717, 1.165) is 0 Å². The Balaban J connectivity index is 2.04. The highest BCUT2D eigenvalue weighted by Gasteiger charge is 2.27. The van der Waals surface area contributed by atoms with Crippen LogP contribution in [0.2, 0.25) is 0 Å². The van der Waals surface area contributed by atoms with E-state index in [1.54, 1.807) is 5.32 Å². The molecule has 0 unspecified atom stereocenters. The van der Waals surface area contributed by atoms with Gasteiger partial charge in [0, 0.05) is 13.0 Å².